The number of benzene rings is 1. The Morgan fingerprint density at radius 1 is 1.00 bits per heavy atom. The fourth-order valence-corrected chi connectivity index (χ4v) is 3.85. The maximum atomic E-state index is 4.52. The topological polar surface area (TPSA) is 61.4 Å². The highest BCUT2D eigenvalue weighted by Crippen LogP contribution is 2.26. The summed E-state index contributed by atoms with van der Waals surface area (Å²) in [7, 11) is 0. The van der Waals surface area contributed by atoms with Gasteiger partial charge in [-0.25, -0.2) is 4.98 Å². The Labute approximate surface area is 168 Å². The number of pyridine rings is 1. The molecule has 0 saturated heterocycles. The Balaban J connectivity index is 1.52. The Bertz CT molecular complexity index is 1040. The van der Waals surface area contributed by atoms with Crippen molar-refractivity contribution in [3.05, 3.63) is 91.3 Å². The van der Waals surface area contributed by atoms with E-state index >= 15 is 0 Å². The number of aromatic nitrogens is 6. The quantitative estimate of drug-likeness (QED) is 0.336. The monoisotopic (exact) mass is 388 g/mol. The number of thioether (sulfide) groups is 1. The first-order valence-electron chi connectivity index (χ1n) is 8.96. The molecule has 0 spiro atoms. The third-order valence-electron chi connectivity index (χ3n) is 4.29. The van der Waals surface area contributed by atoms with Gasteiger partial charge in [0.1, 0.15) is 5.82 Å². The number of imidazole rings is 1. The van der Waals surface area contributed by atoms with Crippen molar-refractivity contribution >= 4 is 11.8 Å². The van der Waals surface area contributed by atoms with Crippen LogP contribution < -0.4 is 0 Å². The summed E-state index contributed by atoms with van der Waals surface area (Å²) in [6.07, 6.45) is 9.23. The van der Waals surface area contributed by atoms with E-state index in [0.29, 0.717) is 12.3 Å². The van der Waals surface area contributed by atoms with Gasteiger partial charge in [0.15, 0.2) is 11.0 Å². The maximum absolute atomic E-state index is 4.52. The molecule has 0 aliphatic carbocycles. The van der Waals surface area contributed by atoms with Crippen molar-refractivity contribution < 1.29 is 0 Å². The van der Waals surface area contributed by atoms with Gasteiger partial charge in [-0.05, 0) is 17.7 Å². The second-order valence-electron chi connectivity index (χ2n) is 6.19. The molecule has 4 aromatic rings. The minimum atomic E-state index is 0.644. The molecule has 3 aromatic heterocycles. The van der Waals surface area contributed by atoms with Crippen LogP contribution in [0.2, 0.25) is 0 Å². The Hall–Kier alpha value is -3.19. The van der Waals surface area contributed by atoms with Gasteiger partial charge in [-0.3, -0.25) is 9.55 Å². The molecule has 0 N–H and O–H groups in total. The average molecular weight is 389 g/mol. The zero-order valence-corrected chi connectivity index (χ0v) is 16.2. The summed E-state index contributed by atoms with van der Waals surface area (Å²) in [5.74, 6) is 2.54. The van der Waals surface area contributed by atoms with Crippen molar-refractivity contribution in [2.75, 3.05) is 0 Å². The number of hydrogen-bond donors (Lipinski definition) is 0. The molecule has 3 heterocycles. The second-order valence-corrected chi connectivity index (χ2v) is 7.13. The van der Waals surface area contributed by atoms with E-state index in [-0.39, 0.29) is 0 Å². The van der Waals surface area contributed by atoms with Crippen LogP contribution in [0.15, 0.2) is 85.1 Å². The summed E-state index contributed by atoms with van der Waals surface area (Å²) in [4.78, 5) is 8.60. The molecule has 4 rings (SSSR count). The molecule has 0 amide bonds. The van der Waals surface area contributed by atoms with E-state index in [2.05, 4.69) is 60.1 Å². The van der Waals surface area contributed by atoms with Crippen molar-refractivity contribution in [3.8, 4) is 11.4 Å². The van der Waals surface area contributed by atoms with Crippen LogP contribution in [0.3, 0.4) is 0 Å². The van der Waals surface area contributed by atoms with Crippen molar-refractivity contribution in [3.63, 3.8) is 0 Å². The molecule has 0 radical (unpaired) electrons. The largest absolute Gasteiger partial charge is 0.330 e. The average Bonchev–Trinajstić information content (AvgIpc) is 3.35. The molecular weight excluding hydrogens is 368 g/mol. The van der Waals surface area contributed by atoms with Crippen LogP contribution in [0.5, 0.6) is 0 Å². The van der Waals surface area contributed by atoms with Crippen molar-refractivity contribution in [1.82, 2.24) is 29.3 Å². The number of allylic oxidation sites excluding steroid dienone is 1. The van der Waals surface area contributed by atoms with E-state index in [4.69, 9.17) is 0 Å². The van der Waals surface area contributed by atoms with Gasteiger partial charge in [-0.1, -0.05) is 48.2 Å². The maximum Gasteiger partial charge on any atom is 0.192 e. The van der Waals surface area contributed by atoms with Crippen LogP contribution in [-0.4, -0.2) is 29.3 Å². The molecule has 0 bridgehead atoms. The van der Waals surface area contributed by atoms with Gasteiger partial charge in [-0.2, -0.15) is 0 Å². The van der Waals surface area contributed by atoms with Gasteiger partial charge in [0.25, 0.3) is 0 Å². The summed E-state index contributed by atoms with van der Waals surface area (Å²) < 4.78 is 4.23. The Morgan fingerprint density at radius 3 is 2.61 bits per heavy atom. The minimum Gasteiger partial charge on any atom is -0.330 e. The van der Waals surface area contributed by atoms with Crippen LogP contribution in [0.1, 0.15) is 11.4 Å². The van der Waals surface area contributed by atoms with Crippen LogP contribution in [-0.2, 0) is 18.8 Å². The predicted molar refractivity (Wildman–Crippen MR) is 111 cm³/mol. The first kappa shape index (κ1) is 18.2. The van der Waals surface area contributed by atoms with E-state index in [1.54, 1.807) is 24.2 Å². The highest BCUT2D eigenvalue weighted by molar-refractivity contribution is 7.98. The van der Waals surface area contributed by atoms with E-state index in [0.717, 1.165) is 28.9 Å². The smallest absolute Gasteiger partial charge is 0.192 e. The lowest BCUT2D eigenvalue weighted by atomic mass is 10.2. The Morgan fingerprint density at radius 2 is 1.82 bits per heavy atom. The molecule has 0 aliphatic rings. The number of hydrogen-bond acceptors (Lipinski definition) is 5. The van der Waals surface area contributed by atoms with Crippen LogP contribution >= 0.6 is 11.8 Å². The lowest BCUT2D eigenvalue weighted by Gasteiger charge is -2.09. The fraction of sp³-hybridized carbons (Fsp3) is 0.143. The fourth-order valence-electron chi connectivity index (χ4n) is 2.94. The summed E-state index contributed by atoms with van der Waals surface area (Å²) in [5, 5.41) is 9.63. The van der Waals surface area contributed by atoms with Crippen LogP contribution in [0, 0.1) is 0 Å². The summed E-state index contributed by atoms with van der Waals surface area (Å²) in [6, 6.07) is 14.3. The van der Waals surface area contributed by atoms with E-state index in [1.807, 2.05) is 36.7 Å². The van der Waals surface area contributed by atoms with E-state index < -0.39 is 0 Å². The molecule has 7 heteroatoms. The van der Waals surface area contributed by atoms with Gasteiger partial charge >= 0.3 is 0 Å². The Kier molecular flexibility index (Phi) is 5.63. The first-order valence-corrected chi connectivity index (χ1v) is 9.95. The van der Waals surface area contributed by atoms with E-state index in [9.17, 15) is 0 Å². The van der Waals surface area contributed by atoms with Gasteiger partial charge < -0.3 is 4.57 Å². The van der Waals surface area contributed by atoms with Gasteiger partial charge in [0.05, 0.1) is 5.75 Å². The number of nitrogens with zero attached hydrogens (tertiary/aromatic N) is 6. The van der Waals surface area contributed by atoms with Crippen molar-refractivity contribution in [2.24, 2.45) is 0 Å². The highest BCUT2D eigenvalue weighted by Gasteiger charge is 2.14. The second kappa shape index (κ2) is 8.67. The zero-order valence-electron chi connectivity index (χ0n) is 15.3. The van der Waals surface area contributed by atoms with Gasteiger partial charge in [0, 0.05) is 43.4 Å². The molecule has 0 atom stereocenters. The molecule has 1 aromatic carbocycles. The molecule has 28 heavy (non-hydrogen) atoms. The molecule has 0 fully saturated rings. The zero-order chi connectivity index (χ0) is 19.2. The van der Waals surface area contributed by atoms with E-state index in [1.165, 1.54) is 5.56 Å². The number of rotatable bonds is 8. The molecule has 0 unspecified atom stereocenters. The van der Waals surface area contributed by atoms with Gasteiger partial charge in [-0.15, -0.1) is 16.8 Å². The third kappa shape index (κ3) is 4.04. The van der Waals surface area contributed by atoms with Crippen LogP contribution in [0.25, 0.3) is 11.4 Å². The molecule has 0 saturated carbocycles. The lowest BCUT2D eigenvalue weighted by Crippen LogP contribution is -2.04. The first-order chi connectivity index (χ1) is 13.8. The molecule has 6 nitrogen and oxygen atoms in total. The predicted octanol–water partition coefficient (Wildman–Crippen LogP) is 4.06. The van der Waals surface area contributed by atoms with Crippen LogP contribution in [0.4, 0.5) is 0 Å². The third-order valence-corrected chi connectivity index (χ3v) is 5.26. The standard InChI is InChI=1S/C21H20N6S/c1-2-13-27-20(18-8-10-22-11-9-18)24-25-21(27)28-16-19-23-12-14-26(19)15-17-6-4-3-5-7-17/h2-12,14H,1,13,15-16H2. The molecule has 140 valence electrons. The molecular formula is C21H20N6S. The van der Waals surface area contributed by atoms with Gasteiger partial charge in [0.2, 0.25) is 0 Å². The lowest BCUT2D eigenvalue weighted by molar-refractivity contribution is 0.726. The SMILES string of the molecule is C=CCn1c(SCc2nccn2Cc2ccccc2)nnc1-c1ccncc1. The molecule has 0 aliphatic heterocycles. The summed E-state index contributed by atoms with van der Waals surface area (Å²) in [6.45, 7) is 5.32. The van der Waals surface area contributed by atoms with Crippen molar-refractivity contribution in [2.45, 2.75) is 24.0 Å². The normalized spacial score (nSPS) is 10.9. The summed E-state index contributed by atoms with van der Waals surface area (Å²) >= 11 is 1.63. The van der Waals surface area contributed by atoms with Crippen molar-refractivity contribution in [1.29, 1.82) is 0 Å². The summed E-state index contributed by atoms with van der Waals surface area (Å²) in [5.41, 5.74) is 2.24. The minimum absolute atomic E-state index is 0.644. The highest BCUT2D eigenvalue weighted by atomic mass is 32.2.